The third kappa shape index (κ3) is 2.54. The number of nitrogens with one attached hydrogen (secondary N) is 1. The summed E-state index contributed by atoms with van der Waals surface area (Å²) in [7, 11) is 0. The first-order valence-electron chi connectivity index (χ1n) is 8.57. The maximum Gasteiger partial charge on any atom is 0.259 e. The van der Waals surface area contributed by atoms with Crippen LogP contribution in [-0.2, 0) is 6.54 Å². The molecule has 0 saturated heterocycles. The van der Waals surface area contributed by atoms with Crippen molar-refractivity contribution in [2.75, 3.05) is 18.2 Å². The van der Waals surface area contributed by atoms with Gasteiger partial charge in [-0.25, -0.2) is 13.9 Å². The van der Waals surface area contributed by atoms with Crippen molar-refractivity contribution in [3.05, 3.63) is 47.5 Å². The SMILES string of the molecule is C[C@H]1COc2cn3ncc4c3nc2N1Cc1cc(F)ccc1OCNC4=O. The molecule has 2 aromatic heterocycles. The molecule has 2 bridgehead atoms. The van der Waals surface area contributed by atoms with E-state index in [0.717, 1.165) is 0 Å². The zero-order chi connectivity index (χ0) is 18.5. The molecule has 9 heteroatoms. The first-order valence-corrected chi connectivity index (χ1v) is 8.57. The number of hydrogen-bond donors (Lipinski definition) is 1. The number of nitrogens with zero attached hydrogens (tertiary/aromatic N) is 4. The highest BCUT2D eigenvalue weighted by Gasteiger charge is 2.29. The molecule has 1 aromatic carbocycles. The minimum atomic E-state index is -0.351. The quantitative estimate of drug-likeness (QED) is 0.650. The number of hydrogen-bond acceptors (Lipinski definition) is 6. The number of ether oxygens (including phenoxy) is 2. The zero-order valence-corrected chi connectivity index (χ0v) is 14.5. The summed E-state index contributed by atoms with van der Waals surface area (Å²) in [5.41, 5.74) is 1.44. The summed E-state index contributed by atoms with van der Waals surface area (Å²) >= 11 is 0. The van der Waals surface area contributed by atoms with Crippen molar-refractivity contribution < 1.29 is 18.7 Å². The lowest BCUT2D eigenvalue weighted by Crippen LogP contribution is -2.41. The van der Waals surface area contributed by atoms with Crippen molar-refractivity contribution in [1.29, 1.82) is 0 Å². The topological polar surface area (TPSA) is 81.0 Å². The van der Waals surface area contributed by atoms with Gasteiger partial charge in [0.15, 0.2) is 23.9 Å². The van der Waals surface area contributed by atoms with Gasteiger partial charge in [-0.05, 0) is 25.1 Å². The highest BCUT2D eigenvalue weighted by molar-refractivity contribution is 5.99. The zero-order valence-electron chi connectivity index (χ0n) is 14.5. The lowest BCUT2D eigenvalue weighted by Gasteiger charge is -2.36. The second kappa shape index (κ2) is 5.83. The number of anilines is 1. The van der Waals surface area contributed by atoms with Gasteiger partial charge in [0.1, 0.15) is 23.7 Å². The number of amides is 1. The third-order valence-electron chi connectivity index (χ3n) is 4.79. The summed E-state index contributed by atoms with van der Waals surface area (Å²) in [6.07, 6.45) is 3.17. The largest absolute Gasteiger partial charge is 0.486 e. The van der Waals surface area contributed by atoms with E-state index in [1.165, 1.54) is 22.8 Å². The average molecular weight is 369 g/mol. The number of fused-ring (bicyclic) bond motifs is 1. The first-order chi connectivity index (χ1) is 13.1. The van der Waals surface area contributed by atoms with Gasteiger partial charge in [0.05, 0.1) is 18.4 Å². The number of rotatable bonds is 0. The summed E-state index contributed by atoms with van der Waals surface area (Å²) in [5, 5.41) is 6.88. The highest BCUT2D eigenvalue weighted by Crippen LogP contribution is 2.35. The van der Waals surface area contributed by atoms with Gasteiger partial charge < -0.3 is 19.7 Å². The smallest absolute Gasteiger partial charge is 0.259 e. The molecule has 1 atom stereocenters. The molecular formula is C18H16FN5O3. The van der Waals surface area contributed by atoms with Crippen molar-refractivity contribution in [3.8, 4) is 11.5 Å². The van der Waals surface area contributed by atoms with Crippen LogP contribution in [0.2, 0.25) is 0 Å². The molecule has 0 spiro atoms. The van der Waals surface area contributed by atoms with Crippen LogP contribution >= 0.6 is 0 Å². The Hall–Kier alpha value is -3.36. The molecule has 8 nitrogen and oxygen atoms in total. The fourth-order valence-electron chi connectivity index (χ4n) is 3.36. The van der Waals surface area contributed by atoms with E-state index in [1.54, 1.807) is 12.3 Å². The van der Waals surface area contributed by atoms with E-state index in [9.17, 15) is 9.18 Å². The van der Waals surface area contributed by atoms with Gasteiger partial charge in [-0.1, -0.05) is 0 Å². The fourth-order valence-corrected chi connectivity index (χ4v) is 3.36. The Morgan fingerprint density at radius 3 is 3.07 bits per heavy atom. The Kier molecular flexibility index (Phi) is 3.43. The summed E-state index contributed by atoms with van der Waals surface area (Å²) in [6, 6.07) is 4.34. The van der Waals surface area contributed by atoms with Crippen LogP contribution in [0, 0.1) is 5.82 Å². The maximum absolute atomic E-state index is 13.9. The van der Waals surface area contributed by atoms with Gasteiger partial charge in [-0.2, -0.15) is 5.10 Å². The minimum Gasteiger partial charge on any atom is -0.486 e. The minimum absolute atomic E-state index is 0.00621. The molecule has 138 valence electrons. The molecule has 1 amide bonds. The Morgan fingerprint density at radius 2 is 2.19 bits per heavy atom. The molecule has 0 aliphatic carbocycles. The third-order valence-corrected chi connectivity index (χ3v) is 4.79. The lowest BCUT2D eigenvalue weighted by atomic mass is 10.1. The Bertz CT molecular complexity index is 1070. The monoisotopic (exact) mass is 369 g/mol. The highest BCUT2D eigenvalue weighted by atomic mass is 19.1. The van der Waals surface area contributed by atoms with Gasteiger partial charge in [-0.3, -0.25) is 4.79 Å². The number of aromatic nitrogens is 3. The molecule has 4 heterocycles. The first kappa shape index (κ1) is 15.9. The van der Waals surface area contributed by atoms with Gasteiger partial charge in [0.25, 0.3) is 5.91 Å². The fraction of sp³-hybridized carbons (Fsp3) is 0.278. The summed E-state index contributed by atoms with van der Waals surface area (Å²) < 4.78 is 26.9. The van der Waals surface area contributed by atoms with Crippen LogP contribution in [0.4, 0.5) is 10.2 Å². The molecule has 5 rings (SSSR count). The Labute approximate surface area is 153 Å². The average Bonchev–Trinajstić information content (AvgIpc) is 3.06. The number of carbonyl (C=O) groups is 1. The molecule has 2 aliphatic rings. The normalized spacial score (nSPS) is 18.8. The number of benzene rings is 1. The predicted molar refractivity (Wildman–Crippen MR) is 93.5 cm³/mol. The number of carbonyl (C=O) groups excluding carboxylic acids is 1. The van der Waals surface area contributed by atoms with E-state index in [0.29, 0.717) is 47.2 Å². The van der Waals surface area contributed by atoms with E-state index in [2.05, 4.69) is 15.4 Å². The number of halogens is 1. The summed E-state index contributed by atoms with van der Waals surface area (Å²) in [5.74, 6) is 0.959. The van der Waals surface area contributed by atoms with Crippen LogP contribution in [0.25, 0.3) is 5.65 Å². The van der Waals surface area contributed by atoms with Gasteiger partial charge in [-0.15, -0.1) is 0 Å². The molecule has 0 radical (unpaired) electrons. The second-order valence-corrected chi connectivity index (χ2v) is 6.59. The van der Waals surface area contributed by atoms with E-state index in [-0.39, 0.29) is 24.5 Å². The van der Waals surface area contributed by atoms with Gasteiger partial charge in [0, 0.05) is 12.1 Å². The lowest BCUT2D eigenvalue weighted by molar-refractivity contribution is 0.0920. The van der Waals surface area contributed by atoms with Crippen LogP contribution in [0.3, 0.4) is 0 Å². The predicted octanol–water partition coefficient (Wildman–Crippen LogP) is 1.74. The molecule has 27 heavy (non-hydrogen) atoms. The molecule has 0 unspecified atom stereocenters. The van der Waals surface area contributed by atoms with Crippen LogP contribution in [0.5, 0.6) is 11.5 Å². The maximum atomic E-state index is 13.9. The van der Waals surface area contributed by atoms with E-state index in [4.69, 9.17) is 9.47 Å². The summed E-state index contributed by atoms with van der Waals surface area (Å²) in [6.45, 7) is 2.81. The van der Waals surface area contributed by atoms with Crippen molar-refractivity contribution in [1.82, 2.24) is 19.9 Å². The Morgan fingerprint density at radius 1 is 1.30 bits per heavy atom. The van der Waals surface area contributed by atoms with E-state index in [1.807, 2.05) is 11.8 Å². The standard InChI is InChI=1S/C18H16FN5O3/c1-10-8-26-15-7-24-16-13(5-21-24)18(25)20-9-27-14-3-2-12(19)4-11(14)6-23(10)17(15)22-16/h2-5,7,10H,6,8-9H2,1H3,(H,20,25)/t10-/m0/s1. The summed E-state index contributed by atoms with van der Waals surface area (Å²) in [4.78, 5) is 19.2. The second-order valence-electron chi connectivity index (χ2n) is 6.59. The van der Waals surface area contributed by atoms with Crippen molar-refractivity contribution in [2.24, 2.45) is 0 Å². The van der Waals surface area contributed by atoms with Crippen LogP contribution in [-0.4, -0.2) is 39.9 Å². The van der Waals surface area contributed by atoms with Gasteiger partial charge in [0.2, 0.25) is 0 Å². The molecule has 0 saturated carbocycles. The van der Waals surface area contributed by atoms with E-state index >= 15 is 0 Å². The molecule has 1 N–H and O–H groups in total. The molecule has 3 aromatic rings. The molecular weight excluding hydrogens is 353 g/mol. The van der Waals surface area contributed by atoms with Gasteiger partial charge >= 0.3 is 0 Å². The molecule has 0 fully saturated rings. The van der Waals surface area contributed by atoms with E-state index < -0.39 is 0 Å². The molecule has 2 aliphatic heterocycles. The van der Waals surface area contributed by atoms with Crippen LogP contribution in [0.15, 0.2) is 30.6 Å². The van der Waals surface area contributed by atoms with Crippen molar-refractivity contribution >= 4 is 17.4 Å². The van der Waals surface area contributed by atoms with Crippen LogP contribution in [0.1, 0.15) is 22.8 Å². The Balaban J connectivity index is 1.72. The van der Waals surface area contributed by atoms with Crippen molar-refractivity contribution in [2.45, 2.75) is 19.5 Å². The van der Waals surface area contributed by atoms with Crippen molar-refractivity contribution in [3.63, 3.8) is 0 Å². The van der Waals surface area contributed by atoms with Crippen LogP contribution < -0.4 is 19.7 Å².